The quantitative estimate of drug-likeness (QED) is 0.380. The van der Waals surface area contributed by atoms with E-state index in [1.54, 1.807) is 0 Å². The van der Waals surface area contributed by atoms with Gasteiger partial charge in [0, 0.05) is 0 Å². The third-order valence-electron chi connectivity index (χ3n) is 7.15. The molecule has 0 saturated heterocycles. The van der Waals surface area contributed by atoms with E-state index in [4.69, 9.17) is 0 Å². The van der Waals surface area contributed by atoms with Crippen molar-refractivity contribution in [2.24, 2.45) is 0 Å². The standard InChI is InChI=1S/C33H42O2/c1-30(2,3)23-10-16-26(17-11-23)33(22-29(34)35,27-18-12-24(13-19-27)31(4,5)6)28-20-14-25(15-21-28)32(7,8)9/h10-21H,22H2,1-9H3,(H,34,35). The lowest BCUT2D eigenvalue weighted by Crippen LogP contribution is -2.33. The lowest BCUT2D eigenvalue weighted by molar-refractivity contribution is -0.137. The molecule has 3 aromatic rings. The van der Waals surface area contributed by atoms with Crippen LogP contribution in [0.4, 0.5) is 0 Å². The molecule has 0 aliphatic heterocycles. The largest absolute Gasteiger partial charge is 0.481 e. The van der Waals surface area contributed by atoms with Gasteiger partial charge in [0.1, 0.15) is 0 Å². The third-order valence-corrected chi connectivity index (χ3v) is 7.15. The molecule has 0 amide bonds. The summed E-state index contributed by atoms with van der Waals surface area (Å²) in [5, 5.41) is 10.2. The minimum atomic E-state index is -0.815. The average molecular weight is 471 g/mol. The molecule has 1 N–H and O–H groups in total. The number of carbonyl (C=O) groups is 1. The first kappa shape index (κ1) is 26.7. The molecule has 0 aromatic heterocycles. The molecule has 0 spiro atoms. The zero-order valence-corrected chi connectivity index (χ0v) is 23.0. The Kier molecular flexibility index (Phi) is 7.10. The number of carboxylic acids is 1. The highest BCUT2D eigenvalue weighted by Crippen LogP contribution is 2.44. The Morgan fingerprint density at radius 2 is 0.686 bits per heavy atom. The molecule has 0 saturated carbocycles. The zero-order chi connectivity index (χ0) is 26.2. The molecule has 3 rings (SSSR count). The topological polar surface area (TPSA) is 37.3 Å². The van der Waals surface area contributed by atoms with Crippen molar-refractivity contribution in [1.82, 2.24) is 0 Å². The highest BCUT2D eigenvalue weighted by Gasteiger charge is 2.39. The second-order valence-corrected chi connectivity index (χ2v) is 13.0. The second kappa shape index (κ2) is 9.30. The van der Waals surface area contributed by atoms with Crippen molar-refractivity contribution in [3.8, 4) is 0 Å². The molecule has 0 aliphatic carbocycles. The SMILES string of the molecule is CC(C)(C)c1ccc(C(CC(=O)O)(c2ccc(C(C)(C)C)cc2)c2ccc(C(C)(C)C)cc2)cc1. The van der Waals surface area contributed by atoms with Gasteiger partial charge in [0.2, 0.25) is 0 Å². The van der Waals surface area contributed by atoms with Gasteiger partial charge >= 0.3 is 5.97 Å². The minimum absolute atomic E-state index is 0.0222. The molecule has 2 nitrogen and oxygen atoms in total. The molecule has 0 aliphatic rings. The molecule has 0 unspecified atom stereocenters. The summed E-state index contributed by atoms with van der Waals surface area (Å²) in [6.07, 6.45) is -0.0222. The number of hydrogen-bond donors (Lipinski definition) is 1. The summed E-state index contributed by atoms with van der Waals surface area (Å²) in [6.45, 7) is 19.8. The summed E-state index contributed by atoms with van der Waals surface area (Å²) in [5.41, 5.74) is 5.98. The molecule has 0 heterocycles. The number of carboxylic acid groups (broad SMARTS) is 1. The van der Waals surface area contributed by atoms with Gasteiger partial charge in [-0.1, -0.05) is 135 Å². The first-order chi connectivity index (χ1) is 16.0. The van der Waals surface area contributed by atoms with E-state index in [0.717, 1.165) is 16.7 Å². The number of hydrogen-bond acceptors (Lipinski definition) is 1. The molecule has 2 heteroatoms. The number of aliphatic carboxylic acids is 1. The van der Waals surface area contributed by atoms with Gasteiger partial charge < -0.3 is 5.11 Å². The lowest BCUT2D eigenvalue weighted by atomic mass is 9.66. The van der Waals surface area contributed by atoms with Gasteiger partial charge in [0.25, 0.3) is 0 Å². The monoisotopic (exact) mass is 470 g/mol. The lowest BCUT2D eigenvalue weighted by Gasteiger charge is -2.36. The molecular weight excluding hydrogens is 428 g/mol. The van der Waals surface area contributed by atoms with Crippen LogP contribution in [-0.4, -0.2) is 11.1 Å². The highest BCUT2D eigenvalue weighted by molar-refractivity contribution is 5.73. The molecule has 35 heavy (non-hydrogen) atoms. The first-order valence-corrected chi connectivity index (χ1v) is 12.6. The van der Waals surface area contributed by atoms with Crippen LogP contribution in [-0.2, 0) is 26.5 Å². The van der Waals surface area contributed by atoms with E-state index in [-0.39, 0.29) is 22.7 Å². The molecule has 0 bridgehead atoms. The number of rotatable bonds is 5. The molecule has 186 valence electrons. The third kappa shape index (κ3) is 5.69. The maximum atomic E-state index is 12.4. The van der Waals surface area contributed by atoms with Gasteiger partial charge in [-0.15, -0.1) is 0 Å². The van der Waals surface area contributed by atoms with Crippen molar-refractivity contribution < 1.29 is 9.90 Å². The van der Waals surface area contributed by atoms with Crippen LogP contribution in [0.2, 0.25) is 0 Å². The molecule has 0 radical (unpaired) electrons. The van der Waals surface area contributed by atoms with Crippen molar-refractivity contribution in [2.75, 3.05) is 0 Å². The van der Waals surface area contributed by atoms with Gasteiger partial charge in [-0.2, -0.15) is 0 Å². The van der Waals surface area contributed by atoms with Crippen LogP contribution >= 0.6 is 0 Å². The predicted octanol–water partition coefficient (Wildman–Crippen LogP) is 8.39. The normalized spacial score (nSPS) is 13.1. The van der Waals surface area contributed by atoms with E-state index in [0.29, 0.717) is 0 Å². The Balaban J connectivity index is 2.31. The highest BCUT2D eigenvalue weighted by atomic mass is 16.4. The van der Waals surface area contributed by atoms with Crippen LogP contribution in [0.5, 0.6) is 0 Å². The summed E-state index contributed by atoms with van der Waals surface area (Å²) in [5.74, 6) is -0.815. The van der Waals surface area contributed by atoms with Crippen LogP contribution in [0, 0.1) is 0 Å². The molecule has 0 fully saturated rings. The molecular formula is C33H42O2. The minimum Gasteiger partial charge on any atom is -0.481 e. The zero-order valence-electron chi connectivity index (χ0n) is 23.0. The number of benzene rings is 3. The summed E-state index contributed by atoms with van der Waals surface area (Å²) in [4.78, 5) is 12.4. The van der Waals surface area contributed by atoms with Gasteiger partial charge in [0.15, 0.2) is 0 Å². The van der Waals surface area contributed by atoms with Gasteiger partial charge in [-0.05, 0) is 49.6 Å². The second-order valence-electron chi connectivity index (χ2n) is 13.0. The first-order valence-electron chi connectivity index (χ1n) is 12.6. The van der Waals surface area contributed by atoms with Crippen molar-refractivity contribution in [3.05, 3.63) is 106 Å². The Bertz CT molecular complexity index is 1010. The molecule has 3 aromatic carbocycles. The van der Waals surface area contributed by atoms with E-state index in [9.17, 15) is 9.90 Å². The Morgan fingerprint density at radius 3 is 0.857 bits per heavy atom. The van der Waals surface area contributed by atoms with Crippen LogP contribution in [0.25, 0.3) is 0 Å². The van der Waals surface area contributed by atoms with Crippen LogP contribution in [0.15, 0.2) is 72.8 Å². The van der Waals surface area contributed by atoms with Crippen LogP contribution in [0.1, 0.15) is 102 Å². The van der Waals surface area contributed by atoms with E-state index < -0.39 is 11.4 Å². The Morgan fingerprint density at radius 1 is 0.486 bits per heavy atom. The maximum Gasteiger partial charge on any atom is 0.304 e. The summed E-state index contributed by atoms with van der Waals surface area (Å²) in [7, 11) is 0. The fraction of sp³-hybridized carbons (Fsp3) is 0.424. The summed E-state index contributed by atoms with van der Waals surface area (Å²) >= 11 is 0. The van der Waals surface area contributed by atoms with E-state index >= 15 is 0 Å². The van der Waals surface area contributed by atoms with Gasteiger partial charge in [-0.3, -0.25) is 4.79 Å². The van der Waals surface area contributed by atoms with Gasteiger partial charge in [-0.25, -0.2) is 0 Å². The fourth-order valence-electron chi connectivity index (χ4n) is 4.80. The Labute approximate surface area is 212 Å². The molecule has 0 atom stereocenters. The van der Waals surface area contributed by atoms with E-state index in [2.05, 4.69) is 135 Å². The van der Waals surface area contributed by atoms with Crippen molar-refractivity contribution >= 4 is 5.97 Å². The summed E-state index contributed by atoms with van der Waals surface area (Å²) < 4.78 is 0. The van der Waals surface area contributed by atoms with Gasteiger partial charge in [0.05, 0.1) is 11.8 Å². The predicted molar refractivity (Wildman–Crippen MR) is 148 cm³/mol. The average Bonchev–Trinajstić information content (AvgIpc) is 2.76. The van der Waals surface area contributed by atoms with Crippen molar-refractivity contribution in [3.63, 3.8) is 0 Å². The van der Waals surface area contributed by atoms with Crippen molar-refractivity contribution in [2.45, 2.75) is 90.4 Å². The Hall–Kier alpha value is -2.87. The van der Waals surface area contributed by atoms with E-state index in [1.807, 2.05) is 0 Å². The summed E-state index contributed by atoms with van der Waals surface area (Å²) in [6, 6.07) is 25.7. The smallest absolute Gasteiger partial charge is 0.304 e. The van der Waals surface area contributed by atoms with Crippen molar-refractivity contribution in [1.29, 1.82) is 0 Å². The van der Waals surface area contributed by atoms with E-state index in [1.165, 1.54) is 16.7 Å². The maximum absolute atomic E-state index is 12.4. The van der Waals surface area contributed by atoms with Crippen LogP contribution < -0.4 is 0 Å². The fourth-order valence-corrected chi connectivity index (χ4v) is 4.80. The van der Waals surface area contributed by atoms with Crippen LogP contribution in [0.3, 0.4) is 0 Å².